The molecule has 1 heterocycles. The standard InChI is InChI=1S/C19H19F2NO3S/c1-13-10-14(2-8-18(13)21)3-9-19(23)22-11-17(12-22)26(24,25)16-6-4-15(20)5-7-16/h2,4-8,10,17H,3,9,11-12H2,1H3. The molecule has 1 amide bonds. The van der Waals surface area contributed by atoms with E-state index in [1.807, 2.05) is 0 Å². The van der Waals surface area contributed by atoms with Crippen LogP contribution in [0.2, 0.25) is 0 Å². The highest BCUT2D eigenvalue weighted by molar-refractivity contribution is 7.92. The highest BCUT2D eigenvalue weighted by Gasteiger charge is 2.40. The number of carbonyl (C=O) groups is 1. The molecule has 2 aromatic carbocycles. The number of benzene rings is 2. The van der Waals surface area contributed by atoms with Crippen LogP contribution in [0.3, 0.4) is 0 Å². The van der Waals surface area contributed by atoms with Gasteiger partial charge in [0.15, 0.2) is 9.84 Å². The smallest absolute Gasteiger partial charge is 0.222 e. The summed E-state index contributed by atoms with van der Waals surface area (Å²) in [5.74, 6) is -0.903. The van der Waals surface area contributed by atoms with Crippen molar-refractivity contribution in [1.82, 2.24) is 4.90 Å². The fourth-order valence-corrected chi connectivity index (χ4v) is 4.58. The Kier molecular flexibility index (Phi) is 5.09. The van der Waals surface area contributed by atoms with Gasteiger partial charge in [-0.25, -0.2) is 17.2 Å². The van der Waals surface area contributed by atoms with Crippen molar-refractivity contribution in [2.45, 2.75) is 29.9 Å². The number of sulfone groups is 1. The first-order chi connectivity index (χ1) is 12.3. The maximum atomic E-state index is 13.3. The lowest BCUT2D eigenvalue weighted by Crippen LogP contribution is -2.56. The van der Waals surface area contributed by atoms with Crippen LogP contribution in [0.15, 0.2) is 47.4 Å². The van der Waals surface area contributed by atoms with Gasteiger partial charge in [0.25, 0.3) is 0 Å². The van der Waals surface area contributed by atoms with Crippen LogP contribution in [-0.2, 0) is 21.1 Å². The Balaban J connectivity index is 1.54. The zero-order valence-electron chi connectivity index (χ0n) is 14.3. The van der Waals surface area contributed by atoms with Crippen LogP contribution >= 0.6 is 0 Å². The Bertz CT molecular complexity index is 920. The molecule has 4 nitrogen and oxygen atoms in total. The number of likely N-dealkylation sites (tertiary alicyclic amines) is 1. The number of amides is 1. The van der Waals surface area contributed by atoms with E-state index in [1.165, 1.54) is 23.1 Å². The van der Waals surface area contributed by atoms with Crippen molar-refractivity contribution in [1.29, 1.82) is 0 Å². The van der Waals surface area contributed by atoms with Crippen molar-refractivity contribution in [2.24, 2.45) is 0 Å². The minimum atomic E-state index is -3.57. The van der Waals surface area contributed by atoms with Gasteiger partial charge in [-0.3, -0.25) is 4.79 Å². The normalized spacial score (nSPS) is 15.0. The maximum Gasteiger partial charge on any atom is 0.222 e. The molecule has 26 heavy (non-hydrogen) atoms. The van der Waals surface area contributed by atoms with E-state index in [4.69, 9.17) is 0 Å². The van der Waals surface area contributed by atoms with Crippen LogP contribution in [0.1, 0.15) is 17.5 Å². The van der Waals surface area contributed by atoms with Gasteiger partial charge in [-0.15, -0.1) is 0 Å². The number of carbonyl (C=O) groups excluding carboxylic acids is 1. The van der Waals surface area contributed by atoms with Gasteiger partial charge >= 0.3 is 0 Å². The molecule has 0 unspecified atom stereocenters. The Labute approximate surface area is 151 Å². The second kappa shape index (κ2) is 7.15. The topological polar surface area (TPSA) is 54.5 Å². The summed E-state index contributed by atoms with van der Waals surface area (Å²) >= 11 is 0. The fourth-order valence-electron chi connectivity index (χ4n) is 2.93. The van der Waals surface area contributed by atoms with Crippen LogP contribution in [0.25, 0.3) is 0 Å². The van der Waals surface area contributed by atoms with Gasteiger partial charge in [0.1, 0.15) is 16.9 Å². The van der Waals surface area contributed by atoms with E-state index < -0.39 is 20.9 Å². The van der Waals surface area contributed by atoms with Gasteiger partial charge < -0.3 is 4.90 Å². The van der Waals surface area contributed by atoms with E-state index in [9.17, 15) is 22.0 Å². The van der Waals surface area contributed by atoms with E-state index >= 15 is 0 Å². The zero-order chi connectivity index (χ0) is 18.9. The van der Waals surface area contributed by atoms with E-state index in [-0.39, 0.29) is 36.1 Å². The average Bonchev–Trinajstić information content (AvgIpc) is 2.54. The Morgan fingerprint density at radius 1 is 1.12 bits per heavy atom. The molecule has 0 aliphatic carbocycles. The number of halogens is 2. The van der Waals surface area contributed by atoms with E-state index in [2.05, 4.69) is 0 Å². The van der Waals surface area contributed by atoms with Crippen molar-refractivity contribution in [3.05, 3.63) is 65.2 Å². The van der Waals surface area contributed by atoms with E-state index in [0.29, 0.717) is 12.0 Å². The summed E-state index contributed by atoms with van der Waals surface area (Å²) in [4.78, 5) is 13.8. The van der Waals surface area contributed by atoms with Crippen LogP contribution in [0, 0.1) is 18.6 Å². The summed E-state index contributed by atoms with van der Waals surface area (Å²) < 4.78 is 51.1. The van der Waals surface area contributed by atoms with Gasteiger partial charge in [0.05, 0.1) is 4.90 Å². The summed E-state index contributed by atoms with van der Waals surface area (Å²) in [6, 6.07) is 9.44. The van der Waals surface area contributed by atoms with Crippen molar-refractivity contribution < 1.29 is 22.0 Å². The molecule has 1 fully saturated rings. The monoisotopic (exact) mass is 379 g/mol. The van der Waals surface area contributed by atoms with Gasteiger partial charge in [-0.05, 0) is 54.8 Å². The quantitative estimate of drug-likeness (QED) is 0.751. The maximum absolute atomic E-state index is 13.3. The molecule has 0 N–H and O–H groups in total. The molecular formula is C19H19F2NO3S. The molecule has 0 aromatic heterocycles. The highest BCUT2D eigenvalue weighted by atomic mass is 32.2. The summed E-state index contributed by atoms with van der Waals surface area (Å²) in [7, 11) is -3.57. The minimum absolute atomic E-state index is 0.0674. The molecule has 1 aliphatic heterocycles. The summed E-state index contributed by atoms with van der Waals surface area (Å²) in [5.41, 5.74) is 1.40. The Morgan fingerprint density at radius 2 is 1.77 bits per heavy atom. The minimum Gasteiger partial charge on any atom is -0.340 e. The second-order valence-electron chi connectivity index (χ2n) is 6.50. The summed E-state index contributed by atoms with van der Waals surface area (Å²) in [6.07, 6.45) is 0.722. The first kappa shape index (κ1) is 18.5. The Hall–Kier alpha value is -2.28. The number of hydrogen-bond acceptors (Lipinski definition) is 3. The van der Waals surface area contributed by atoms with Gasteiger partial charge in [0, 0.05) is 19.5 Å². The molecule has 2 aromatic rings. The molecule has 138 valence electrons. The van der Waals surface area contributed by atoms with Crippen molar-refractivity contribution in [2.75, 3.05) is 13.1 Å². The molecule has 0 spiro atoms. The third-order valence-corrected chi connectivity index (χ3v) is 6.74. The molecular weight excluding hydrogens is 360 g/mol. The Morgan fingerprint density at radius 3 is 2.38 bits per heavy atom. The van der Waals surface area contributed by atoms with Gasteiger partial charge in [-0.2, -0.15) is 0 Å². The summed E-state index contributed by atoms with van der Waals surface area (Å²) in [6.45, 7) is 1.95. The molecule has 1 saturated heterocycles. The number of nitrogens with zero attached hydrogens (tertiary/aromatic N) is 1. The molecule has 1 aliphatic rings. The third-order valence-electron chi connectivity index (χ3n) is 4.63. The van der Waals surface area contributed by atoms with Crippen LogP contribution in [-0.4, -0.2) is 37.6 Å². The van der Waals surface area contributed by atoms with Gasteiger partial charge in [-0.1, -0.05) is 12.1 Å². The lowest BCUT2D eigenvalue weighted by molar-refractivity contribution is -0.134. The molecule has 3 rings (SSSR count). The van der Waals surface area contributed by atoms with Crippen LogP contribution in [0.5, 0.6) is 0 Å². The van der Waals surface area contributed by atoms with Crippen LogP contribution in [0.4, 0.5) is 8.78 Å². The number of rotatable bonds is 5. The molecule has 0 saturated carbocycles. The SMILES string of the molecule is Cc1cc(CCC(=O)N2CC(S(=O)(=O)c3ccc(F)cc3)C2)ccc1F. The lowest BCUT2D eigenvalue weighted by atomic mass is 10.1. The molecule has 7 heteroatoms. The van der Waals surface area contributed by atoms with E-state index in [0.717, 1.165) is 17.7 Å². The van der Waals surface area contributed by atoms with Crippen molar-refractivity contribution in [3.63, 3.8) is 0 Å². The fraction of sp³-hybridized carbons (Fsp3) is 0.316. The largest absolute Gasteiger partial charge is 0.340 e. The molecule has 0 radical (unpaired) electrons. The molecule has 0 atom stereocenters. The third kappa shape index (κ3) is 3.77. The average molecular weight is 379 g/mol. The van der Waals surface area contributed by atoms with Crippen molar-refractivity contribution >= 4 is 15.7 Å². The predicted molar refractivity (Wildman–Crippen MR) is 93.4 cm³/mol. The second-order valence-corrected chi connectivity index (χ2v) is 8.73. The predicted octanol–water partition coefficient (Wildman–Crippen LogP) is 2.89. The van der Waals surface area contributed by atoms with E-state index in [1.54, 1.807) is 19.1 Å². The van der Waals surface area contributed by atoms with Gasteiger partial charge in [0.2, 0.25) is 5.91 Å². The zero-order valence-corrected chi connectivity index (χ0v) is 15.1. The summed E-state index contributed by atoms with van der Waals surface area (Å²) in [5, 5.41) is -0.662. The number of hydrogen-bond donors (Lipinski definition) is 0. The lowest BCUT2D eigenvalue weighted by Gasteiger charge is -2.38. The number of aryl methyl sites for hydroxylation is 2. The van der Waals surface area contributed by atoms with Crippen molar-refractivity contribution in [3.8, 4) is 0 Å². The highest BCUT2D eigenvalue weighted by Crippen LogP contribution is 2.25. The first-order valence-corrected chi connectivity index (χ1v) is 9.84. The molecule has 0 bridgehead atoms. The van der Waals surface area contributed by atoms with Crippen LogP contribution < -0.4 is 0 Å². The first-order valence-electron chi connectivity index (χ1n) is 8.29.